The van der Waals surface area contributed by atoms with Gasteiger partial charge in [0.25, 0.3) is 5.56 Å². The van der Waals surface area contributed by atoms with Crippen molar-refractivity contribution in [2.24, 2.45) is 0 Å². The number of aryl methyl sites for hydroxylation is 1. The van der Waals surface area contributed by atoms with Crippen LogP contribution in [0.3, 0.4) is 0 Å². The van der Waals surface area contributed by atoms with Crippen molar-refractivity contribution in [2.45, 2.75) is 76.4 Å². The molecule has 1 unspecified atom stereocenters. The van der Waals surface area contributed by atoms with E-state index < -0.39 is 0 Å². The molecule has 1 atom stereocenters. The highest BCUT2D eigenvalue weighted by atomic mass is 16.5. The van der Waals surface area contributed by atoms with Gasteiger partial charge in [-0.25, -0.2) is 4.68 Å². The number of aromatic nitrogens is 3. The summed E-state index contributed by atoms with van der Waals surface area (Å²) < 4.78 is 7.26. The topological polar surface area (TPSA) is 64.2 Å². The first-order valence-corrected chi connectivity index (χ1v) is 10.1. The van der Waals surface area contributed by atoms with Gasteiger partial charge < -0.3 is 4.52 Å². The van der Waals surface area contributed by atoms with E-state index in [-0.39, 0.29) is 5.56 Å². The Morgan fingerprint density at radius 2 is 2.00 bits per heavy atom. The molecule has 6 nitrogen and oxygen atoms in total. The van der Waals surface area contributed by atoms with Gasteiger partial charge in [0.05, 0.1) is 12.2 Å². The van der Waals surface area contributed by atoms with E-state index >= 15 is 0 Å². The normalized spacial score (nSPS) is 23.3. The van der Waals surface area contributed by atoms with Crippen LogP contribution in [0.5, 0.6) is 0 Å². The maximum absolute atomic E-state index is 12.3. The Hall–Kier alpha value is -1.95. The van der Waals surface area contributed by atoms with Gasteiger partial charge in [-0.3, -0.25) is 9.69 Å². The highest BCUT2D eigenvalue weighted by Gasteiger charge is 2.30. The molecule has 138 valence electrons. The number of hydrogen-bond acceptors (Lipinski definition) is 5. The summed E-state index contributed by atoms with van der Waals surface area (Å²) >= 11 is 0. The summed E-state index contributed by atoms with van der Waals surface area (Å²) in [5.74, 6) is 1.67. The predicted octanol–water partition coefficient (Wildman–Crippen LogP) is 2.65. The Labute approximate surface area is 153 Å². The molecule has 0 bridgehead atoms. The number of rotatable bonds is 5. The van der Waals surface area contributed by atoms with Crippen molar-refractivity contribution in [3.63, 3.8) is 0 Å². The minimum Gasteiger partial charge on any atom is -0.361 e. The SMILES string of the molecule is O=c1ccc(C2CC2)nn1CC1CCCN1Cc1noc2c1CCCC2. The summed E-state index contributed by atoms with van der Waals surface area (Å²) in [5, 5.41) is 9.01. The first-order chi connectivity index (χ1) is 12.8. The molecule has 2 fully saturated rings. The maximum Gasteiger partial charge on any atom is 0.266 e. The van der Waals surface area contributed by atoms with E-state index in [1.165, 1.54) is 37.7 Å². The molecule has 1 aliphatic heterocycles. The van der Waals surface area contributed by atoms with Crippen molar-refractivity contribution in [3.05, 3.63) is 45.2 Å². The molecule has 2 aliphatic carbocycles. The molecule has 3 heterocycles. The lowest BCUT2D eigenvalue weighted by molar-refractivity contribution is 0.210. The molecule has 2 aromatic rings. The van der Waals surface area contributed by atoms with Crippen LogP contribution in [0.4, 0.5) is 0 Å². The van der Waals surface area contributed by atoms with Gasteiger partial charge >= 0.3 is 0 Å². The quantitative estimate of drug-likeness (QED) is 0.826. The molecular formula is C20H26N4O2. The molecule has 0 aromatic carbocycles. The van der Waals surface area contributed by atoms with Gasteiger partial charge in [-0.05, 0) is 57.6 Å². The van der Waals surface area contributed by atoms with Crippen molar-refractivity contribution < 1.29 is 4.52 Å². The fourth-order valence-electron chi connectivity index (χ4n) is 4.47. The zero-order valence-corrected chi connectivity index (χ0v) is 15.2. The van der Waals surface area contributed by atoms with E-state index in [4.69, 9.17) is 4.52 Å². The van der Waals surface area contributed by atoms with Crippen molar-refractivity contribution in [1.29, 1.82) is 0 Å². The van der Waals surface area contributed by atoms with Gasteiger partial charge in [0.15, 0.2) is 0 Å². The molecule has 26 heavy (non-hydrogen) atoms. The third kappa shape index (κ3) is 3.11. The zero-order valence-electron chi connectivity index (χ0n) is 15.2. The Kier molecular flexibility index (Phi) is 4.15. The second kappa shape index (κ2) is 6.65. The molecule has 1 saturated heterocycles. The number of fused-ring (bicyclic) bond motifs is 1. The zero-order chi connectivity index (χ0) is 17.5. The molecule has 6 heteroatoms. The molecule has 0 amide bonds. The molecule has 3 aliphatic rings. The van der Waals surface area contributed by atoms with Gasteiger partial charge in [-0.2, -0.15) is 5.10 Å². The van der Waals surface area contributed by atoms with Gasteiger partial charge in [0.2, 0.25) is 0 Å². The fraction of sp³-hybridized carbons (Fsp3) is 0.650. The lowest BCUT2D eigenvalue weighted by Gasteiger charge is -2.24. The van der Waals surface area contributed by atoms with E-state index in [1.807, 2.05) is 6.07 Å². The average Bonchev–Trinajstić information content (AvgIpc) is 3.30. The van der Waals surface area contributed by atoms with Crippen LogP contribution in [0.25, 0.3) is 0 Å². The van der Waals surface area contributed by atoms with Crippen molar-refractivity contribution >= 4 is 0 Å². The molecular weight excluding hydrogens is 328 g/mol. The summed E-state index contributed by atoms with van der Waals surface area (Å²) in [7, 11) is 0. The summed E-state index contributed by atoms with van der Waals surface area (Å²) in [6.45, 7) is 2.57. The minimum absolute atomic E-state index is 0.0139. The third-order valence-electron chi connectivity index (χ3n) is 6.15. The first kappa shape index (κ1) is 16.2. The second-order valence-electron chi connectivity index (χ2n) is 8.06. The van der Waals surface area contributed by atoms with Gasteiger partial charge in [-0.1, -0.05) is 5.16 Å². The first-order valence-electron chi connectivity index (χ1n) is 10.1. The molecule has 0 N–H and O–H groups in total. The summed E-state index contributed by atoms with van der Waals surface area (Å²) in [6, 6.07) is 3.95. The van der Waals surface area contributed by atoms with Crippen LogP contribution >= 0.6 is 0 Å². The number of hydrogen-bond donors (Lipinski definition) is 0. The largest absolute Gasteiger partial charge is 0.361 e. The van der Waals surface area contributed by atoms with Crippen LogP contribution < -0.4 is 5.56 Å². The molecule has 1 saturated carbocycles. The summed E-state index contributed by atoms with van der Waals surface area (Å²) in [4.78, 5) is 14.7. The maximum atomic E-state index is 12.3. The Bertz CT molecular complexity index is 852. The standard InChI is InChI=1S/C20H26N4O2/c25-20-10-9-17(14-7-8-14)21-24(20)12-15-4-3-11-23(15)13-18-16-5-1-2-6-19(16)26-22-18/h9-10,14-15H,1-8,11-13H2. The van der Waals surface area contributed by atoms with Gasteiger partial charge in [0, 0.05) is 36.6 Å². The van der Waals surface area contributed by atoms with Crippen molar-refractivity contribution in [3.8, 4) is 0 Å². The molecule has 5 rings (SSSR count). The van der Waals surface area contributed by atoms with Crippen LogP contribution in [0.2, 0.25) is 0 Å². The van der Waals surface area contributed by atoms with E-state index in [2.05, 4.69) is 15.2 Å². The van der Waals surface area contributed by atoms with Crippen molar-refractivity contribution in [1.82, 2.24) is 19.8 Å². The fourth-order valence-corrected chi connectivity index (χ4v) is 4.47. The van der Waals surface area contributed by atoms with E-state index in [0.717, 1.165) is 49.5 Å². The average molecular weight is 354 g/mol. The van der Waals surface area contributed by atoms with Crippen LogP contribution in [0, 0.1) is 0 Å². The monoisotopic (exact) mass is 354 g/mol. The van der Waals surface area contributed by atoms with Gasteiger partial charge in [0.1, 0.15) is 11.5 Å². The minimum atomic E-state index is 0.0139. The van der Waals surface area contributed by atoms with E-state index in [0.29, 0.717) is 18.5 Å². The van der Waals surface area contributed by atoms with Gasteiger partial charge in [-0.15, -0.1) is 0 Å². The Balaban J connectivity index is 1.32. The lowest BCUT2D eigenvalue weighted by atomic mass is 9.96. The highest BCUT2D eigenvalue weighted by Crippen LogP contribution is 2.38. The third-order valence-corrected chi connectivity index (χ3v) is 6.15. The lowest BCUT2D eigenvalue weighted by Crippen LogP contribution is -2.37. The van der Waals surface area contributed by atoms with Crippen molar-refractivity contribution in [2.75, 3.05) is 6.54 Å². The summed E-state index contributed by atoms with van der Waals surface area (Å²) in [6.07, 6.45) is 9.26. The molecule has 0 radical (unpaired) electrons. The van der Waals surface area contributed by atoms with Crippen LogP contribution in [-0.2, 0) is 25.9 Å². The second-order valence-corrected chi connectivity index (χ2v) is 8.06. The Morgan fingerprint density at radius 3 is 2.88 bits per heavy atom. The van der Waals surface area contributed by atoms with Crippen LogP contribution in [0.15, 0.2) is 21.5 Å². The number of likely N-dealkylation sites (tertiary alicyclic amines) is 1. The Morgan fingerprint density at radius 1 is 1.12 bits per heavy atom. The smallest absolute Gasteiger partial charge is 0.266 e. The van der Waals surface area contributed by atoms with E-state index in [1.54, 1.807) is 10.7 Å². The summed E-state index contributed by atoms with van der Waals surface area (Å²) in [5.41, 5.74) is 3.55. The van der Waals surface area contributed by atoms with Crippen LogP contribution in [0.1, 0.15) is 67.2 Å². The predicted molar refractivity (Wildman–Crippen MR) is 97.0 cm³/mol. The molecule has 0 spiro atoms. The number of nitrogens with zero attached hydrogens (tertiary/aromatic N) is 4. The molecule has 2 aromatic heterocycles. The van der Waals surface area contributed by atoms with E-state index in [9.17, 15) is 4.79 Å². The van der Waals surface area contributed by atoms with Crippen LogP contribution in [-0.4, -0.2) is 32.4 Å². The highest BCUT2D eigenvalue weighted by molar-refractivity contribution is 5.25.